The maximum atomic E-state index is 13.6. The lowest BCUT2D eigenvalue weighted by atomic mass is 9.74. The summed E-state index contributed by atoms with van der Waals surface area (Å²) in [5, 5.41) is 7.72. The molecule has 0 saturated carbocycles. The van der Waals surface area contributed by atoms with E-state index in [2.05, 4.69) is 15.5 Å². The fraction of sp³-hybridized carbons (Fsp3) is 0.296. The quantitative estimate of drug-likeness (QED) is 0.440. The smallest absolute Gasteiger partial charge is 0.259 e. The zero-order valence-electron chi connectivity index (χ0n) is 19.7. The van der Waals surface area contributed by atoms with Crippen LogP contribution >= 0.6 is 0 Å². The summed E-state index contributed by atoms with van der Waals surface area (Å²) >= 11 is 0. The molecule has 4 heterocycles. The molecule has 6 rings (SSSR count). The molecule has 1 saturated heterocycles. The highest BCUT2D eigenvalue weighted by Gasteiger charge is 2.36. The number of rotatable bonds is 5. The molecule has 0 unspecified atom stereocenters. The Kier molecular flexibility index (Phi) is 5.56. The summed E-state index contributed by atoms with van der Waals surface area (Å²) < 4.78 is 35.6. The molecule has 184 valence electrons. The molecule has 0 spiro atoms. The number of aryl methyl sites for hydroxylation is 1. The number of fused-ring (bicyclic) bond motifs is 2. The van der Waals surface area contributed by atoms with Crippen LogP contribution in [-0.4, -0.2) is 42.6 Å². The Morgan fingerprint density at radius 2 is 1.83 bits per heavy atom. The van der Waals surface area contributed by atoms with Crippen molar-refractivity contribution in [1.29, 1.82) is 0 Å². The maximum Gasteiger partial charge on any atom is 0.259 e. The van der Waals surface area contributed by atoms with Crippen LogP contribution in [0.15, 0.2) is 53.1 Å². The van der Waals surface area contributed by atoms with Crippen LogP contribution in [0.3, 0.4) is 0 Å². The first-order chi connectivity index (χ1) is 17.5. The summed E-state index contributed by atoms with van der Waals surface area (Å²) in [5.41, 5.74) is 3.17. The molecule has 4 aromatic rings. The van der Waals surface area contributed by atoms with E-state index in [1.165, 1.54) is 12.1 Å². The number of aromatic nitrogens is 2. The highest BCUT2D eigenvalue weighted by atomic mass is 19.1. The zero-order chi connectivity index (χ0) is 24.7. The summed E-state index contributed by atoms with van der Waals surface area (Å²) in [5.74, 6) is 0.826. The average molecular weight is 490 g/mol. The average Bonchev–Trinajstić information content (AvgIpc) is 3.54. The Bertz CT molecular complexity index is 1440. The molecular formula is C27H24FN3O5. The molecule has 2 aliphatic rings. The van der Waals surface area contributed by atoms with Crippen LogP contribution < -0.4 is 14.8 Å². The van der Waals surface area contributed by atoms with Gasteiger partial charge < -0.3 is 24.1 Å². The summed E-state index contributed by atoms with van der Waals surface area (Å²) in [7, 11) is 0. The molecule has 36 heavy (non-hydrogen) atoms. The topological polar surface area (TPSA) is 95.7 Å². The van der Waals surface area contributed by atoms with E-state index in [1.807, 2.05) is 18.2 Å². The van der Waals surface area contributed by atoms with Crippen LogP contribution in [0.25, 0.3) is 22.4 Å². The molecule has 9 heteroatoms. The van der Waals surface area contributed by atoms with Gasteiger partial charge in [0.05, 0.1) is 22.3 Å². The molecule has 8 nitrogen and oxygen atoms in total. The first-order valence-electron chi connectivity index (χ1n) is 11.8. The van der Waals surface area contributed by atoms with Gasteiger partial charge >= 0.3 is 0 Å². The summed E-state index contributed by atoms with van der Waals surface area (Å²) in [4.78, 5) is 18.1. The number of carbonyl (C=O) groups excluding carboxylic acids is 1. The number of ether oxygens (including phenoxy) is 3. The number of carbonyl (C=O) groups is 1. The molecule has 1 N–H and O–H groups in total. The molecule has 0 aliphatic carbocycles. The third kappa shape index (κ3) is 3.95. The third-order valence-corrected chi connectivity index (χ3v) is 7.02. The highest BCUT2D eigenvalue weighted by Crippen LogP contribution is 2.40. The monoisotopic (exact) mass is 489 g/mol. The molecule has 2 aliphatic heterocycles. The van der Waals surface area contributed by atoms with E-state index in [4.69, 9.17) is 18.7 Å². The van der Waals surface area contributed by atoms with Crippen LogP contribution in [0.1, 0.15) is 34.5 Å². The van der Waals surface area contributed by atoms with Crippen molar-refractivity contribution in [2.45, 2.75) is 25.2 Å². The van der Waals surface area contributed by atoms with E-state index >= 15 is 0 Å². The van der Waals surface area contributed by atoms with Crippen molar-refractivity contribution in [2.75, 3.05) is 26.6 Å². The fourth-order valence-corrected chi connectivity index (χ4v) is 4.94. The van der Waals surface area contributed by atoms with E-state index in [1.54, 1.807) is 25.1 Å². The van der Waals surface area contributed by atoms with Gasteiger partial charge in [-0.05, 0) is 67.8 Å². The minimum Gasteiger partial charge on any atom is -0.454 e. The van der Waals surface area contributed by atoms with Crippen LogP contribution in [-0.2, 0) is 10.2 Å². The van der Waals surface area contributed by atoms with Gasteiger partial charge in [0.2, 0.25) is 6.79 Å². The highest BCUT2D eigenvalue weighted by molar-refractivity contribution is 6.07. The number of hydrogen-bond acceptors (Lipinski definition) is 7. The van der Waals surface area contributed by atoms with Gasteiger partial charge in [-0.1, -0.05) is 11.2 Å². The van der Waals surface area contributed by atoms with Gasteiger partial charge in [0.1, 0.15) is 5.82 Å². The van der Waals surface area contributed by atoms with Crippen molar-refractivity contribution in [2.24, 2.45) is 0 Å². The van der Waals surface area contributed by atoms with E-state index in [0.29, 0.717) is 53.4 Å². The first kappa shape index (κ1) is 22.5. The molecule has 1 amide bonds. The number of amides is 1. The number of pyridine rings is 1. The van der Waals surface area contributed by atoms with Crippen LogP contribution in [0.2, 0.25) is 0 Å². The molecular weight excluding hydrogens is 465 g/mol. The number of nitrogens with zero attached hydrogens (tertiary/aromatic N) is 2. The number of nitrogens with one attached hydrogen (secondary N) is 1. The van der Waals surface area contributed by atoms with Crippen molar-refractivity contribution in [3.63, 3.8) is 0 Å². The molecule has 0 radical (unpaired) electrons. The Labute approximate surface area is 206 Å². The second-order valence-corrected chi connectivity index (χ2v) is 9.15. The van der Waals surface area contributed by atoms with E-state index < -0.39 is 0 Å². The Morgan fingerprint density at radius 1 is 1.06 bits per heavy atom. The van der Waals surface area contributed by atoms with Crippen molar-refractivity contribution in [3.05, 3.63) is 71.2 Å². The van der Waals surface area contributed by atoms with Crippen molar-refractivity contribution >= 4 is 17.0 Å². The zero-order valence-corrected chi connectivity index (χ0v) is 19.7. The number of halogens is 1. The Hall–Kier alpha value is -3.98. The predicted octanol–water partition coefficient (Wildman–Crippen LogP) is 4.54. The predicted molar refractivity (Wildman–Crippen MR) is 129 cm³/mol. The normalized spacial score (nSPS) is 16.3. The minimum absolute atomic E-state index is 0.206. The number of benzene rings is 2. The fourth-order valence-electron chi connectivity index (χ4n) is 4.94. The lowest BCUT2D eigenvalue weighted by Crippen LogP contribution is -2.44. The van der Waals surface area contributed by atoms with Gasteiger partial charge in [0.25, 0.3) is 11.6 Å². The van der Waals surface area contributed by atoms with E-state index in [-0.39, 0.29) is 29.6 Å². The lowest BCUT2D eigenvalue weighted by molar-refractivity contribution is 0.0486. The van der Waals surface area contributed by atoms with Crippen molar-refractivity contribution in [3.8, 4) is 22.8 Å². The van der Waals surface area contributed by atoms with Crippen molar-refractivity contribution in [1.82, 2.24) is 15.5 Å². The van der Waals surface area contributed by atoms with E-state index in [9.17, 15) is 9.18 Å². The summed E-state index contributed by atoms with van der Waals surface area (Å²) in [6, 6.07) is 13.6. The molecule has 0 bridgehead atoms. The van der Waals surface area contributed by atoms with Gasteiger partial charge in [0, 0.05) is 30.7 Å². The summed E-state index contributed by atoms with van der Waals surface area (Å²) in [6.07, 6.45) is 1.51. The number of hydrogen-bond donors (Lipinski definition) is 1. The van der Waals surface area contributed by atoms with Gasteiger partial charge in [-0.3, -0.25) is 4.79 Å². The van der Waals surface area contributed by atoms with Gasteiger partial charge in [-0.25, -0.2) is 9.37 Å². The second-order valence-electron chi connectivity index (χ2n) is 9.15. The first-order valence-corrected chi connectivity index (χ1v) is 11.8. The lowest BCUT2D eigenvalue weighted by Gasteiger charge is -2.38. The molecule has 1 fully saturated rings. The van der Waals surface area contributed by atoms with Gasteiger partial charge in [-0.15, -0.1) is 0 Å². The third-order valence-electron chi connectivity index (χ3n) is 7.02. The van der Waals surface area contributed by atoms with Gasteiger partial charge in [-0.2, -0.15) is 0 Å². The standard InChI is InChI=1S/C27H24FN3O5/c1-16-24-20(13-21(30-26(24)36-31-16)17-2-5-19(28)6-3-17)25(32)29-14-27(8-10-33-11-9-27)18-4-7-22-23(12-18)35-15-34-22/h2-7,12-13H,8-11,14-15H2,1H3,(H,29,32). The summed E-state index contributed by atoms with van der Waals surface area (Å²) in [6.45, 7) is 3.59. The molecule has 2 aromatic carbocycles. The maximum absolute atomic E-state index is 13.6. The Balaban J connectivity index is 1.33. The van der Waals surface area contributed by atoms with Crippen molar-refractivity contribution < 1.29 is 27.9 Å². The minimum atomic E-state index is -0.349. The van der Waals surface area contributed by atoms with Crippen LogP contribution in [0.5, 0.6) is 11.5 Å². The Morgan fingerprint density at radius 3 is 2.64 bits per heavy atom. The van der Waals surface area contributed by atoms with Gasteiger partial charge in [0.15, 0.2) is 11.5 Å². The van der Waals surface area contributed by atoms with E-state index in [0.717, 1.165) is 24.2 Å². The second kappa shape index (κ2) is 8.91. The largest absolute Gasteiger partial charge is 0.454 e. The van der Waals surface area contributed by atoms with Crippen LogP contribution in [0, 0.1) is 12.7 Å². The van der Waals surface area contributed by atoms with Crippen LogP contribution in [0.4, 0.5) is 4.39 Å². The SMILES string of the molecule is Cc1noc2nc(-c3ccc(F)cc3)cc(C(=O)NCC3(c4ccc5c(c4)OCO5)CCOCC3)c12. The molecule has 2 aromatic heterocycles. The molecule has 0 atom stereocenters.